The van der Waals surface area contributed by atoms with Gasteiger partial charge in [0.15, 0.2) is 11.5 Å². The van der Waals surface area contributed by atoms with Crippen LogP contribution in [0.5, 0.6) is 28.7 Å². The molecule has 1 heterocycles. The van der Waals surface area contributed by atoms with Crippen LogP contribution in [0.4, 0.5) is 0 Å². The number of ether oxygens (including phenoxy) is 6. The highest BCUT2D eigenvalue weighted by molar-refractivity contribution is 6.05. The first-order valence-corrected chi connectivity index (χ1v) is 8.72. The minimum atomic E-state index is -0.466. The predicted molar refractivity (Wildman–Crippen MR) is 108 cm³/mol. The molecule has 152 valence electrons. The van der Waals surface area contributed by atoms with Crippen LogP contribution in [0.3, 0.4) is 0 Å². The molecule has 0 aliphatic carbocycles. The lowest BCUT2D eigenvalue weighted by Gasteiger charge is -2.12. The number of rotatable bonds is 7. The van der Waals surface area contributed by atoms with E-state index in [1.807, 2.05) is 0 Å². The van der Waals surface area contributed by atoms with Gasteiger partial charge in [0.05, 0.1) is 46.7 Å². The van der Waals surface area contributed by atoms with Crippen molar-refractivity contribution in [3.05, 3.63) is 53.1 Å². The van der Waals surface area contributed by atoms with E-state index in [2.05, 4.69) is 0 Å². The number of hydrogen-bond acceptors (Lipinski definition) is 7. The molecule has 1 aliphatic rings. The fourth-order valence-electron chi connectivity index (χ4n) is 2.99. The molecule has 0 fully saturated rings. The van der Waals surface area contributed by atoms with E-state index in [1.54, 1.807) is 56.7 Å². The van der Waals surface area contributed by atoms with Gasteiger partial charge in [0.25, 0.3) is 0 Å². The number of carbonyl (C=O) groups is 1. The van der Waals surface area contributed by atoms with Gasteiger partial charge in [-0.3, -0.25) is 0 Å². The summed E-state index contributed by atoms with van der Waals surface area (Å²) in [5, 5.41) is 0. The monoisotopic (exact) mass is 398 g/mol. The molecule has 3 rings (SSSR count). The fraction of sp³-hybridized carbons (Fsp3) is 0.227. The average molecular weight is 398 g/mol. The Bertz CT molecular complexity index is 964. The van der Waals surface area contributed by atoms with E-state index in [-0.39, 0.29) is 0 Å². The SMILES string of the molecule is COc1ccc(C2=CC(=Cc3cc(OC)c(OC)c(OC)c3)C(=O)O2)c(OC)c1. The van der Waals surface area contributed by atoms with E-state index >= 15 is 0 Å². The summed E-state index contributed by atoms with van der Waals surface area (Å²) in [7, 11) is 7.71. The predicted octanol–water partition coefficient (Wildman–Crippen LogP) is 3.71. The molecule has 0 bridgehead atoms. The largest absolute Gasteiger partial charge is 0.497 e. The molecule has 29 heavy (non-hydrogen) atoms. The van der Waals surface area contributed by atoms with Gasteiger partial charge < -0.3 is 28.4 Å². The smallest absolute Gasteiger partial charge is 0.343 e. The zero-order valence-electron chi connectivity index (χ0n) is 16.9. The quantitative estimate of drug-likeness (QED) is 0.520. The summed E-state index contributed by atoms with van der Waals surface area (Å²) in [6, 6.07) is 8.78. The lowest BCUT2D eigenvalue weighted by atomic mass is 10.1. The summed E-state index contributed by atoms with van der Waals surface area (Å²) < 4.78 is 32.1. The lowest BCUT2D eigenvalue weighted by Crippen LogP contribution is -1.99. The van der Waals surface area contributed by atoms with Gasteiger partial charge in [0.2, 0.25) is 5.75 Å². The van der Waals surface area contributed by atoms with Crippen molar-refractivity contribution in [1.82, 2.24) is 0 Å². The van der Waals surface area contributed by atoms with Gasteiger partial charge in [-0.15, -0.1) is 0 Å². The van der Waals surface area contributed by atoms with Gasteiger partial charge in [-0.1, -0.05) is 0 Å². The summed E-state index contributed by atoms with van der Waals surface area (Å²) in [6.07, 6.45) is 3.35. The first-order chi connectivity index (χ1) is 14.0. The second-order valence-electron chi connectivity index (χ2n) is 6.02. The Morgan fingerprint density at radius 2 is 1.45 bits per heavy atom. The van der Waals surface area contributed by atoms with Crippen LogP contribution in [-0.4, -0.2) is 41.5 Å². The first kappa shape index (κ1) is 20.1. The number of benzene rings is 2. The second-order valence-corrected chi connectivity index (χ2v) is 6.02. The summed E-state index contributed by atoms with van der Waals surface area (Å²) in [6.45, 7) is 0. The van der Waals surface area contributed by atoms with Crippen LogP contribution in [0.2, 0.25) is 0 Å². The Morgan fingerprint density at radius 3 is 2.00 bits per heavy atom. The van der Waals surface area contributed by atoms with Gasteiger partial charge in [0.1, 0.15) is 17.3 Å². The van der Waals surface area contributed by atoms with Crippen molar-refractivity contribution in [3.63, 3.8) is 0 Å². The van der Waals surface area contributed by atoms with Gasteiger partial charge in [0, 0.05) is 6.07 Å². The summed E-state index contributed by atoms with van der Waals surface area (Å²) >= 11 is 0. The van der Waals surface area contributed by atoms with Gasteiger partial charge in [-0.05, 0) is 42.0 Å². The van der Waals surface area contributed by atoms with E-state index in [9.17, 15) is 4.79 Å². The average Bonchev–Trinajstić information content (AvgIpc) is 3.12. The van der Waals surface area contributed by atoms with Crippen molar-refractivity contribution < 1.29 is 33.2 Å². The highest BCUT2D eigenvalue weighted by Crippen LogP contribution is 2.40. The number of esters is 1. The van der Waals surface area contributed by atoms with E-state index in [0.717, 1.165) is 0 Å². The number of hydrogen-bond donors (Lipinski definition) is 0. The molecular weight excluding hydrogens is 376 g/mol. The van der Waals surface area contributed by atoms with Crippen molar-refractivity contribution in [1.29, 1.82) is 0 Å². The van der Waals surface area contributed by atoms with Gasteiger partial charge in [-0.25, -0.2) is 4.79 Å². The maximum absolute atomic E-state index is 12.4. The molecule has 7 heteroatoms. The van der Waals surface area contributed by atoms with E-state index in [4.69, 9.17) is 28.4 Å². The van der Waals surface area contributed by atoms with Crippen LogP contribution >= 0.6 is 0 Å². The molecule has 0 amide bonds. The molecule has 7 nitrogen and oxygen atoms in total. The molecule has 2 aromatic rings. The Morgan fingerprint density at radius 1 is 0.793 bits per heavy atom. The normalized spacial score (nSPS) is 14.3. The molecule has 0 aromatic heterocycles. The minimum absolute atomic E-state index is 0.382. The Hall–Kier alpha value is -3.61. The van der Waals surface area contributed by atoms with E-state index in [1.165, 1.54) is 21.3 Å². The second kappa shape index (κ2) is 8.60. The highest BCUT2D eigenvalue weighted by Gasteiger charge is 2.25. The van der Waals surface area contributed by atoms with E-state index in [0.29, 0.717) is 51.2 Å². The molecule has 0 atom stereocenters. The summed E-state index contributed by atoms with van der Waals surface area (Å²) in [5.41, 5.74) is 1.73. The molecule has 0 saturated heterocycles. The maximum atomic E-state index is 12.4. The highest BCUT2D eigenvalue weighted by atomic mass is 16.5. The van der Waals surface area contributed by atoms with E-state index < -0.39 is 5.97 Å². The topological polar surface area (TPSA) is 72.5 Å². The van der Waals surface area contributed by atoms with Crippen molar-refractivity contribution in [2.75, 3.05) is 35.5 Å². The van der Waals surface area contributed by atoms with Crippen LogP contribution in [0.25, 0.3) is 11.8 Å². The molecule has 0 spiro atoms. The maximum Gasteiger partial charge on any atom is 0.343 e. The Balaban J connectivity index is 2.01. The Kier molecular flexibility index (Phi) is 5.97. The molecule has 0 N–H and O–H groups in total. The molecule has 2 aromatic carbocycles. The standard InChI is InChI=1S/C22H22O7/c1-24-15-6-7-16(17(12-15)25-2)18-11-14(22(23)29-18)8-13-9-19(26-3)21(28-5)20(10-13)27-4/h6-12H,1-5H3. The lowest BCUT2D eigenvalue weighted by molar-refractivity contribution is -0.130. The van der Waals surface area contributed by atoms with Crippen molar-refractivity contribution >= 4 is 17.8 Å². The first-order valence-electron chi connectivity index (χ1n) is 8.72. The fourth-order valence-corrected chi connectivity index (χ4v) is 2.99. The number of methoxy groups -OCH3 is 5. The third-order valence-electron chi connectivity index (χ3n) is 4.41. The van der Waals surface area contributed by atoms with Crippen LogP contribution < -0.4 is 23.7 Å². The van der Waals surface area contributed by atoms with Gasteiger partial charge in [-0.2, -0.15) is 0 Å². The van der Waals surface area contributed by atoms with Crippen molar-refractivity contribution in [3.8, 4) is 28.7 Å². The minimum Gasteiger partial charge on any atom is -0.497 e. The number of carbonyl (C=O) groups excluding carboxylic acids is 1. The summed E-state index contributed by atoms with van der Waals surface area (Å²) in [5.74, 6) is 2.57. The van der Waals surface area contributed by atoms with Crippen molar-refractivity contribution in [2.24, 2.45) is 0 Å². The van der Waals surface area contributed by atoms with Crippen LogP contribution in [-0.2, 0) is 9.53 Å². The molecular formula is C22H22O7. The van der Waals surface area contributed by atoms with Crippen LogP contribution in [0, 0.1) is 0 Å². The van der Waals surface area contributed by atoms with Crippen LogP contribution in [0.15, 0.2) is 42.0 Å². The summed E-state index contributed by atoms with van der Waals surface area (Å²) in [4.78, 5) is 12.4. The number of cyclic esters (lactones) is 1. The molecule has 0 radical (unpaired) electrons. The zero-order valence-corrected chi connectivity index (χ0v) is 16.9. The zero-order chi connectivity index (χ0) is 21.0. The molecule has 0 saturated carbocycles. The molecule has 0 unspecified atom stereocenters. The Labute approximate surface area is 169 Å². The van der Waals surface area contributed by atoms with Gasteiger partial charge >= 0.3 is 5.97 Å². The van der Waals surface area contributed by atoms with Crippen molar-refractivity contribution in [2.45, 2.75) is 0 Å². The van der Waals surface area contributed by atoms with Crippen LogP contribution in [0.1, 0.15) is 11.1 Å². The molecule has 1 aliphatic heterocycles. The third-order valence-corrected chi connectivity index (χ3v) is 4.41. The third kappa shape index (κ3) is 3.99.